The summed E-state index contributed by atoms with van der Waals surface area (Å²) >= 11 is 0. The third kappa shape index (κ3) is 5.59. The molecule has 2 aromatic rings. The molecule has 0 unspecified atom stereocenters. The summed E-state index contributed by atoms with van der Waals surface area (Å²) in [7, 11) is 0. The van der Waals surface area contributed by atoms with E-state index in [0.29, 0.717) is 0 Å². The quantitative estimate of drug-likeness (QED) is 0.399. The van der Waals surface area contributed by atoms with Crippen LogP contribution >= 0.6 is 0 Å². The fourth-order valence-electron chi connectivity index (χ4n) is 2.83. The first-order valence-corrected chi connectivity index (χ1v) is 8.78. The van der Waals surface area contributed by atoms with Crippen LogP contribution < -0.4 is 0 Å². The van der Waals surface area contributed by atoms with Crippen molar-refractivity contribution in [2.75, 3.05) is 0 Å². The Morgan fingerprint density at radius 3 is 1.87 bits per heavy atom. The predicted octanol–water partition coefficient (Wildman–Crippen LogP) is 6.79. The zero-order chi connectivity index (χ0) is 16.5. The lowest BCUT2D eigenvalue weighted by atomic mass is 10.00. The van der Waals surface area contributed by atoms with Gasteiger partial charge in [-0.3, -0.25) is 0 Å². The Morgan fingerprint density at radius 2 is 1.30 bits per heavy atom. The van der Waals surface area contributed by atoms with Gasteiger partial charge in [-0.1, -0.05) is 94.1 Å². The fourth-order valence-corrected chi connectivity index (χ4v) is 2.83. The maximum Gasteiger partial charge on any atom is 0.115 e. The van der Waals surface area contributed by atoms with E-state index in [0.717, 1.165) is 5.56 Å². The summed E-state index contributed by atoms with van der Waals surface area (Å²) in [6.45, 7) is 5.81. The summed E-state index contributed by atoms with van der Waals surface area (Å²) in [5.74, 6) is 0.117. The molecule has 122 valence electrons. The highest BCUT2D eigenvalue weighted by atomic mass is 16.3. The summed E-state index contributed by atoms with van der Waals surface area (Å²) in [4.78, 5) is 0. The maximum atomic E-state index is 9.38. The maximum absolute atomic E-state index is 9.38. The number of unbranched alkanes of at least 4 members (excludes halogenated alkanes) is 5. The van der Waals surface area contributed by atoms with E-state index in [1.807, 2.05) is 24.3 Å². The van der Waals surface area contributed by atoms with E-state index in [4.69, 9.17) is 0 Å². The molecule has 0 saturated heterocycles. The summed E-state index contributed by atoms with van der Waals surface area (Å²) in [6.07, 6.45) is 9.24. The molecule has 0 aromatic heterocycles. The fraction of sp³-hybridized carbons (Fsp3) is 0.364. The molecule has 23 heavy (non-hydrogen) atoms. The van der Waals surface area contributed by atoms with Gasteiger partial charge in [-0.25, -0.2) is 0 Å². The molecular formula is C22H28O. The highest BCUT2D eigenvalue weighted by Gasteiger charge is 2.01. The standard InChI is InChI=1S/C22H28O/c1-3-4-5-6-7-8-9-19-10-12-21(13-11-19)22-16-14-20(15-17-22)18(2)23/h10-17,23H,2-9H2,1H3. The van der Waals surface area contributed by atoms with Crippen molar-refractivity contribution in [3.8, 4) is 11.1 Å². The first kappa shape index (κ1) is 17.3. The first-order chi connectivity index (χ1) is 11.2. The Bertz CT molecular complexity index is 593. The van der Waals surface area contributed by atoms with Gasteiger partial charge in [0, 0.05) is 5.56 Å². The van der Waals surface area contributed by atoms with Gasteiger partial charge in [0.15, 0.2) is 0 Å². The van der Waals surface area contributed by atoms with E-state index in [9.17, 15) is 5.11 Å². The highest BCUT2D eigenvalue weighted by Crippen LogP contribution is 2.22. The second-order valence-corrected chi connectivity index (χ2v) is 6.24. The van der Waals surface area contributed by atoms with E-state index in [1.165, 1.54) is 61.6 Å². The van der Waals surface area contributed by atoms with Crippen molar-refractivity contribution in [2.24, 2.45) is 0 Å². The van der Waals surface area contributed by atoms with Gasteiger partial charge in [0.1, 0.15) is 5.76 Å². The van der Waals surface area contributed by atoms with Crippen molar-refractivity contribution in [3.63, 3.8) is 0 Å². The monoisotopic (exact) mass is 308 g/mol. The first-order valence-electron chi connectivity index (χ1n) is 8.78. The minimum absolute atomic E-state index is 0.117. The zero-order valence-electron chi connectivity index (χ0n) is 14.2. The van der Waals surface area contributed by atoms with Crippen molar-refractivity contribution in [3.05, 3.63) is 66.2 Å². The average Bonchev–Trinajstić information content (AvgIpc) is 2.58. The topological polar surface area (TPSA) is 20.2 Å². The van der Waals surface area contributed by atoms with E-state index >= 15 is 0 Å². The molecule has 0 saturated carbocycles. The van der Waals surface area contributed by atoms with Crippen LogP contribution in [0.3, 0.4) is 0 Å². The van der Waals surface area contributed by atoms with Crippen LogP contribution in [-0.2, 0) is 6.42 Å². The van der Waals surface area contributed by atoms with Crippen LogP contribution in [0.5, 0.6) is 0 Å². The Hall–Kier alpha value is -2.02. The molecule has 1 heteroatoms. The van der Waals surface area contributed by atoms with Gasteiger partial charge in [-0.15, -0.1) is 0 Å². The molecule has 0 fully saturated rings. The molecular weight excluding hydrogens is 280 g/mol. The SMILES string of the molecule is C=C(O)c1ccc(-c2ccc(CCCCCCCC)cc2)cc1. The van der Waals surface area contributed by atoms with Gasteiger partial charge < -0.3 is 5.11 Å². The molecule has 0 atom stereocenters. The van der Waals surface area contributed by atoms with Crippen molar-refractivity contribution >= 4 is 5.76 Å². The number of aryl methyl sites for hydroxylation is 1. The second kappa shape index (κ2) is 9.19. The minimum Gasteiger partial charge on any atom is -0.508 e. The molecule has 1 nitrogen and oxygen atoms in total. The van der Waals surface area contributed by atoms with Gasteiger partial charge in [-0.2, -0.15) is 0 Å². The Balaban J connectivity index is 1.85. The van der Waals surface area contributed by atoms with Crippen LogP contribution in [-0.4, -0.2) is 5.11 Å². The molecule has 0 bridgehead atoms. The van der Waals surface area contributed by atoms with Crippen molar-refractivity contribution in [1.29, 1.82) is 0 Å². The Labute approximate surface area is 140 Å². The van der Waals surface area contributed by atoms with E-state index in [2.05, 4.69) is 37.8 Å². The van der Waals surface area contributed by atoms with Crippen LogP contribution in [0, 0.1) is 0 Å². The van der Waals surface area contributed by atoms with Gasteiger partial charge in [0.2, 0.25) is 0 Å². The normalized spacial score (nSPS) is 10.7. The zero-order valence-corrected chi connectivity index (χ0v) is 14.2. The van der Waals surface area contributed by atoms with Crippen molar-refractivity contribution in [1.82, 2.24) is 0 Å². The summed E-state index contributed by atoms with van der Waals surface area (Å²) < 4.78 is 0. The van der Waals surface area contributed by atoms with E-state index < -0.39 is 0 Å². The van der Waals surface area contributed by atoms with Crippen LogP contribution in [0.4, 0.5) is 0 Å². The van der Waals surface area contributed by atoms with Crippen LogP contribution in [0.2, 0.25) is 0 Å². The summed E-state index contributed by atoms with van der Waals surface area (Å²) in [5.41, 5.74) is 4.57. The van der Waals surface area contributed by atoms with Crippen LogP contribution in [0.15, 0.2) is 55.1 Å². The van der Waals surface area contributed by atoms with E-state index in [-0.39, 0.29) is 5.76 Å². The molecule has 0 amide bonds. The molecule has 0 aliphatic heterocycles. The highest BCUT2D eigenvalue weighted by molar-refractivity contribution is 5.67. The van der Waals surface area contributed by atoms with Crippen molar-refractivity contribution in [2.45, 2.75) is 51.9 Å². The van der Waals surface area contributed by atoms with Gasteiger partial charge in [0.25, 0.3) is 0 Å². The lowest BCUT2D eigenvalue weighted by Crippen LogP contribution is -1.87. The van der Waals surface area contributed by atoms with Gasteiger partial charge in [0.05, 0.1) is 0 Å². The van der Waals surface area contributed by atoms with Gasteiger partial charge >= 0.3 is 0 Å². The number of aliphatic hydroxyl groups excluding tert-OH is 1. The van der Waals surface area contributed by atoms with Crippen molar-refractivity contribution < 1.29 is 5.11 Å². The Kier molecular flexibility index (Phi) is 6.93. The van der Waals surface area contributed by atoms with E-state index in [1.54, 1.807) is 0 Å². The number of hydrogen-bond acceptors (Lipinski definition) is 1. The predicted molar refractivity (Wildman–Crippen MR) is 101 cm³/mol. The molecule has 1 N–H and O–H groups in total. The lowest BCUT2D eigenvalue weighted by molar-refractivity contribution is 0.514. The van der Waals surface area contributed by atoms with Crippen LogP contribution in [0.25, 0.3) is 16.9 Å². The molecule has 0 heterocycles. The number of hydrogen-bond donors (Lipinski definition) is 1. The van der Waals surface area contributed by atoms with Gasteiger partial charge in [-0.05, 0) is 29.5 Å². The molecule has 2 rings (SSSR count). The number of benzene rings is 2. The molecule has 0 radical (unpaired) electrons. The average molecular weight is 308 g/mol. The largest absolute Gasteiger partial charge is 0.508 e. The summed E-state index contributed by atoms with van der Waals surface area (Å²) in [6, 6.07) is 16.7. The molecule has 0 aliphatic rings. The van der Waals surface area contributed by atoms with Crippen LogP contribution in [0.1, 0.15) is 56.6 Å². The Morgan fingerprint density at radius 1 is 0.783 bits per heavy atom. The third-order valence-electron chi connectivity index (χ3n) is 4.32. The molecule has 0 aliphatic carbocycles. The number of rotatable bonds is 9. The lowest BCUT2D eigenvalue weighted by Gasteiger charge is -2.06. The minimum atomic E-state index is 0.117. The molecule has 2 aromatic carbocycles. The summed E-state index contributed by atoms with van der Waals surface area (Å²) in [5, 5.41) is 9.38. The molecule has 0 spiro atoms. The third-order valence-corrected chi connectivity index (χ3v) is 4.32. The number of aliphatic hydroxyl groups is 1. The smallest absolute Gasteiger partial charge is 0.115 e. The second-order valence-electron chi connectivity index (χ2n) is 6.24.